The summed E-state index contributed by atoms with van der Waals surface area (Å²) in [6, 6.07) is 0. The zero-order chi connectivity index (χ0) is 48.4. The van der Waals surface area contributed by atoms with Crippen LogP contribution in [0, 0.1) is 45.3 Å². The van der Waals surface area contributed by atoms with Gasteiger partial charge in [-0.15, -0.1) is 0 Å². The second kappa shape index (κ2) is 18.1. The Hall–Kier alpha value is -0.760. The third-order valence-corrected chi connectivity index (χ3v) is 19.1. The molecule has 8 fully saturated rings. The van der Waals surface area contributed by atoms with Gasteiger partial charge in [0.25, 0.3) is 0 Å². The highest BCUT2D eigenvalue weighted by Gasteiger charge is 2.74. The number of aliphatic hydroxyl groups excluding tert-OH is 11. The molecule has 4 saturated heterocycles. The van der Waals surface area contributed by atoms with E-state index in [4.69, 9.17) is 33.2 Å². The lowest BCUT2D eigenvalue weighted by atomic mass is 9.34. The molecule has 66 heavy (non-hydrogen) atoms. The number of ether oxygens (including phenoxy) is 7. The molecule has 8 rings (SSSR count). The van der Waals surface area contributed by atoms with Gasteiger partial charge in [0.05, 0.1) is 55.4 Å². The van der Waals surface area contributed by atoms with E-state index in [9.17, 15) is 61.3 Å². The van der Waals surface area contributed by atoms with E-state index < -0.39 is 157 Å². The van der Waals surface area contributed by atoms with E-state index >= 15 is 0 Å². The summed E-state index contributed by atoms with van der Waals surface area (Å²) >= 11 is 0. The second-order valence-electron chi connectivity index (χ2n) is 23.6. The molecule has 0 unspecified atom stereocenters. The monoisotopic (exact) mass is 949 g/mol. The van der Waals surface area contributed by atoms with Crippen LogP contribution >= 0.6 is 0 Å². The number of fused-ring (bicyclic) bond motifs is 5. The summed E-state index contributed by atoms with van der Waals surface area (Å²) in [5.41, 5.74) is -3.84. The largest absolute Gasteiger partial charge is 0.394 e. The zero-order valence-corrected chi connectivity index (χ0v) is 39.7. The van der Waals surface area contributed by atoms with Crippen LogP contribution in [0.15, 0.2) is 0 Å². The first-order chi connectivity index (χ1) is 30.6. The molecule has 19 nitrogen and oxygen atoms in total. The zero-order valence-electron chi connectivity index (χ0n) is 39.7. The van der Waals surface area contributed by atoms with Crippen LogP contribution in [0.25, 0.3) is 0 Å². The van der Waals surface area contributed by atoms with Crippen molar-refractivity contribution in [1.82, 2.24) is 0 Å². The van der Waals surface area contributed by atoms with Gasteiger partial charge in [-0.25, -0.2) is 0 Å². The molecular weight excluding hydrogens is 868 g/mol. The van der Waals surface area contributed by atoms with E-state index in [1.165, 1.54) is 0 Å². The van der Waals surface area contributed by atoms with Gasteiger partial charge < -0.3 is 94.4 Å². The molecule has 0 bridgehead atoms. The van der Waals surface area contributed by atoms with Gasteiger partial charge in [0.15, 0.2) is 18.9 Å². The van der Waals surface area contributed by atoms with Crippen molar-refractivity contribution in [2.24, 2.45) is 45.3 Å². The molecule has 0 aromatic heterocycles. The average molecular weight is 949 g/mol. The quantitative estimate of drug-likeness (QED) is 0.114. The SMILES string of the molecule is CC(C)(O)[C@@H]1CC[C@@](C)([C@H]2CC[C@]3(C)[C@@H]2[C@H](O)C[C@@H]2[C@@]4(C)CC[C@H](O)C(C)(C)[C@H]4[C@@H](O[C@@H]4O[C@@H](CO[C@@H]5O[C@H](CO)[C@@H](O)[C@@H](O)[C@H]5O)[C@H](O)[C@H](O)[C@@H]4O[C@@H]4OC[C@H](O)[C@H](O)[C@@H]4O)C[C@]23C)O1. The van der Waals surface area contributed by atoms with E-state index in [1.807, 2.05) is 13.8 Å². The summed E-state index contributed by atoms with van der Waals surface area (Å²) in [4.78, 5) is 0. The fourth-order valence-electron chi connectivity index (χ4n) is 15.2. The Morgan fingerprint density at radius 1 is 0.652 bits per heavy atom. The lowest BCUT2D eigenvalue weighted by Crippen LogP contribution is -2.71. The molecule has 0 radical (unpaired) electrons. The molecule has 382 valence electrons. The third-order valence-electron chi connectivity index (χ3n) is 19.1. The van der Waals surface area contributed by atoms with Crippen molar-refractivity contribution in [2.45, 2.75) is 228 Å². The van der Waals surface area contributed by atoms with Crippen molar-refractivity contribution < 1.29 is 94.4 Å². The summed E-state index contributed by atoms with van der Waals surface area (Å²) in [5, 5.41) is 132. The molecule has 12 N–H and O–H groups in total. The highest BCUT2D eigenvalue weighted by Crippen LogP contribution is 2.76. The first-order valence-electron chi connectivity index (χ1n) is 24.3. The lowest BCUT2D eigenvalue weighted by molar-refractivity contribution is -0.381. The molecule has 8 aliphatic rings. The summed E-state index contributed by atoms with van der Waals surface area (Å²) in [5.74, 6) is -0.566. The number of rotatable bonds is 10. The number of hydrogen-bond acceptors (Lipinski definition) is 19. The summed E-state index contributed by atoms with van der Waals surface area (Å²) in [6.45, 7) is 14.8. The number of aliphatic hydroxyl groups is 12. The number of hydrogen-bond donors (Lipinski definition) is 12. The average Bonchev–Trinajstić information content (AvgIpc) is 3.85. The van der Waals surface area contributed by atoms with E-state index in [0.717, 1.165) is 19.3 Å². The van der Waals surface area contributed by atoms with Crippen LogP contribution in [-0.4, -0.2) is 203 Å². The third kappa shape index (κ3) is 8.26. The Balaban J connectivity index is 1.14. The van der Waals surface area contributed by atoms with Crippen molar-refractivity contribution >= 4 is 0 Å². The van der Waals surface area contributed by atoms with Crippen LogP contribution in [0.3, 0.4) is 0 Å². The summed E-state index contributed by atoms with van der Waals surface area (Å²) < 4.78 is 43.6. The molecule has 26 atom stereocenters. The minimum atomic E-state index is -1.82. The van der Waals surface area contributed by atoms with E-state index in [1.54, 1.807) is 13.8 Å². The first kappa shape index (κ1) is 51.6. The lowest BCUT2D eigenvalue weighted by Gasteiger charge is -2.72. The van der Waals surface area contributed by atoms with Gasteiger partial charge in [0.1, 0.15) is 67.1 Å². The Morgan fingerprint density at radius 3 is 1.95 bits per heavy atom. The molecule has 4 aliphatic heterocycles. The maximum absolute atomic E-state index is 12.5. The van der Waals surface area contributed by atoms with Gasteiger partial charge >= 0.3 is 0 Å². The van der Waals surface area contributed by atoms with E-state index in [-0.39, 0.29) is 29.8 Å². The van der Waals surface area contributed by atoms with Crippen molar-refractivity contribution in [1.29, 1.82) is 0 Å². The standard InChI is InChI=1S/C47H80O19/c1-42(2)27(51)10-12-44(5)26-15-21(49)29-20(47(8)14-11-28(66-47)43(3,4)59)9-13-45(29,6)46(26,7)16-23(38(42)44)62-41-37(65-40-35(57)30(52)22(50)18-60-40)34(56)32(54)25(64-41)19-61-39-36(58)33(55)31(53)24(17-48)63-39/h20-41,48-59H,9-19H2,1-8H3/t20-,21+,22-,23-,24+,25-,26+,27-,28-,29-,30-,31+,32-,33+,34-,35-,36+,37-,38+,39+,40-,41+,44+,45+,46+,47-/m0/s1. The fourth-order valence-corrected chi connectivity index (χ4v) is 15.2. The Labute approximate surface area is 387 Å². The van der Waals surface area contributed by atoms with Gasteiger partial charge in [0, 0.05) is 0 Å². The Morgan fingerprint density at radius 2 is 1.30 bits per heavy atom. The van der Waals surface area contributed by atoms with Gasteiger partial charge in [-0.2, -0.15) is 0 Å². The Kier molecular flexibility index (Phi) is 14.1. The van der Waals surface area contributed by atoms with Crippen LogP contribution < -0.4 is 0 Å². The van der Waals surface area contributed by atoms with E-state index in [2.05, 4.69) is 27.7 Å². The highest BCUT2D eigenvalue weighted by molar-refractivity contribution is 5.22. The second-order valence-corrected chi connectivity index (χ2v) is 23.6. The van der Waals surface area contributed by atoms with Crippen LogP contribution in [0.4, 0.5) is 0 Å². The fraction of sp³-hybridized carbons (Fsp3) is 1.00. The minimum Gasteiger partial charge on any atom is -0.394 e. The minimum absolute atomic E-state index is 0.00604. The van der Waals surface area contributed by atoms with Crippen molar-refractivity contribution in [3.05, 3.63) is 0 Å². The maximum Gasteiger partial charge on any atom is 0.187 e. The molecule has 4 heterocycles. The summed E-state index contributed by atoms with van der Waals surface area (Å²) in [6.07, 6.45) is -20.0. The molecule has 19 heteroatoms. The van der Waals surface area contributed by atoms with Crippen LogP contribution in [-0.2, 0) is 33.2 Å². The smallest absolute Gasteiger partial charge is 0.187 e. The maximum atomic E-state index is 12.5. The first-order valence-corrected chi connectivity index (χ1v) is 24.3. The van der Waals surface area contributed by atoms with Crippen molar-refractivity contribution in [3.8, 4) is 0 Å². The molecule has 0 spiro atoms. The van der Waals surface area contributed by atoms with Crippen LogP contribution in [0.2, 0.25) is 0 Å². The van der Waals surface area contributed by atoms with Gasteiger partial charge in [0.2, 0.25) is 0 Å². The summed E-state index contributed by atoms with van der Waals surface area (Å²) in [7, 11) is 0. The van der Waals surface area contributed by atoms with E-state index in [0.29, 0.717) is 32.1 Å². The Bertz CT molecular complexity index is 1700. The van der Waals surface area contributed by atoms with Crippen molar-refractivity contribution in [2.75, 3.05) is 19.8 Å². The van der Waals surface area contributed by atoms with Gasteiger partial charge in [-0.3, -0.25) is 0 Å². The predicted octanol–water partition coefficient (Wildman–Crippen LogP) is -1.21. The topological polar surface area (TPSA) is 307 Å². The normalized spacial score (nSPS) is 56.4. The van der Waals surface area contributed by atoms with Crippen molar-refractivity contribution in [3.63, 3.8) is 0 Å². The molecule has 4 saturated carbocycles. The molecule has 0 amide bonds. The van der Waals surface area contributed by atoms with Gasteiger partial charge in [-0.1, -0.05) is 34.6 Å². The predicted molar refractivity (Wildman–Crippen MR) is 228 cm³/mol. The van der Waals surface area contributed by atoms with Crippen LogP contribution in [0.5, 0.6) is 0 Å². The highest BCUT2D eigenvalue weighted by atomic mass is 16.8. The molecule has 0 aromatic carbocycles. The molecule has 4 aliphatic carbocycles. The molecular formula is C47H80O19. The molecule has 0 aromatic rings. The van der Waals surface area contributed by atoms with Crippen LogP contribution in [0.1, 0.15) is 107 Å². The van der Waals surface area contributed by atoms with Gasteiger partial charge in [-0.05, 0) is 117 Å².